The summed E-state index contributed by atoms with van der Waals surface area (Å²) in [6, 6.07) is 5.45. The van der Waals surface area contributed by atoms with E-state index in [1.165, 1.54) is 0 Å². The third kappa shape index (κ3) is 3.02. The molecular weight excluding hydrogens is 270 g/mol. The minimum Gasteiger partial charge on any atom is -0.454 e. The highest BCUT2D eigenvalue weighted by atomic mass is 35.5. The number of nitrogens with one attached hydrogen (secondary N) is 2. The van der Waals surface area contributed by atoms with Crippen LogP contribution < -0.4 is 20.1 Å². The van der Waals surface area contributed by atoms with Crippen LogP contribution in [0.4, 0.5) is 0 Å². The van der Waals surface area contributed by atoms with E-state index in [2.05, 4.69) is 15.6 Å². The summed E-state index contributed by atoms with van der Waals surface area (Å²) in [6.07, 6.45) is -0.607. The third-order valence-corrected chi connectivity index (χ3v) is 2.92. The van der Waals surface area contributed by atoms with Gasteiger partial charge in [0.15, 0.2) is 17.5 Å². The molecule has 3 rings (SSSR count). The van der Waals surface area contributed by atoms with Crippen LogP contribution in [-0.4, -0.2) is 37.5 Å². The second kappa shape index (κ2) is 5.99. The van der Waals surface area contributed by atoms with Crippen molar-refractivity contribution in [3.8, 4) is 11.5 Å². The molecule has 1 aromatic rings. The van der Waals surface area contributed by atoms with Crippen molar-refractivity contribution in [1.82, 2.24) is 10.6 Å². The summed E-state index contributed by atoms with van der Waals surface area (Å²) in [6.45, 7) is 2.28. The van der Waals surface area contributed by atoms with Crippen molar-refractivity contribution in [2.45, 2.75) is 6.10 Å². The van der Waals surface area contributed by atoms with E-state index in [9.17, 15) is 5.11 Å². The van der Waals surface area contributed by atoms with Crippen molar-refractivity contribution in [3.05, 3.63) is 23.8 Å². The molecule has 0 aromatic heterocycles. The van der Waals surface area contributed by atoms with Crippen LogP contribution in [0.1, 0.15) is 11.7 Å². The number of benzene rings is 1. The van der Waals surface area contributed by atoms with Gasteiger partial charge < -0.3 is 25.2 Å². The van der Waals surface area contributed by atoms with Gasteiger partial charge in [0.05, 0.1) is 12.6 Å². The fraction of sp³-hybridized carbons (Fsp3) is 0.417. The van der Waals surface area contributed by atoms with Crippen molar-refractivity contribution >= 4 is 18.4 Å². The molecule has 0 radical (unpaired) electrons. The summed E-state index contributed by atoms with van der Waals surface area (Å²) < 4.78 is 10.5. The third-order valence-electron chi connectivity index (χ3n) is 2.92. The minimum atomic E-state index is -0.607. The highest BCUT2D eigenvalue weighted by molar-refractivity contribution is 5.85. The van der Waals surface area contributed by atoms with E-state index in [0.29, 0.717) is 12.3 Å². The summed E-state index contributed by atoms with van der Waals surface area (Å²) >= 11 is 0. The van der Waals surface area contributed by atoms with E-state index in [1.807, 2.05) is 12.1 Å². The Morgan fingerprint density at radius 1 is 1.37 bits per heavy atom. The number of aliphatic hydroxyl groups excluding tert-OH is 1. The fourth-order valence-corrected chi connectivity index (χ4v) is 1.95. The molecule has 1 unspecified atom stereocenters. The SMILES string of the molecule is Cl.OC(CNC1=NCCN1)c1ccc2c(c1)OCO2. The first-order chi connectivity index (χ1) is 8.83. The Balaban J connectivity index is 0.00000133. The van der Waals surface area contributed by atoms with Crippen LogP contribution in [0.15, 0.2) is 23.2 Å². The van der Waals surface area contributed by atoms with Crippen LogP contribution in [0.2, 0.25) is 0 Å². The van der Waals surface area contributed by atoms with Gasteiger partial charge in [-0.1, -0.05) is 6.07 Å². The molecule has 0 aliphatic carbocycles. The molecular formula is C12H16ClN3O3. The number of hydrogen-bond donors (Lipinski definition) is 3. The number of ether oxygens (including phenoxy) is 2. The van der Waals surface area contributed by atoms with E-state index in [4.69, 9.17) is 9.47 Å². The second-order valence-corrected chi connectivity index (χ2v) is 4.17. The average molecular weight is 286 g/mol. The van der Waals surface area contributed by atoms with Gasteiger partial charge in [-0.15, -0.1) is 12.4 Å². The highest BCUT2D eigenvalue weighted by Crippen LogP contribution is 2.33. The van der Waals surface area contributed by atoms with E-state index in [1.54, 1.807) is 6.07 Å². The Hall–Kier alpha value is -1.66. The van der Waals surface area contributed by atoms with Crippen LogP contribution in [-0.2, 0) is 0 Å². The Morgan fingerprint density at radius 3 is 3.00 bits per heavy atom. The Bertz CT molecular complexity index is 481. The zero-order valence-corrected chi connectivity index (χ0v) is 11.1. The molecule has 19 heavy (non-hydrogen) atoms. The van der Waals surface area contributed by atoms with Gasteiger partial charge in [-0.2, -0.15) is 0 Å². The molecule has 3 N–H and O–H groups in total. The normalized spacial score (nSPS) is 17.2. The lowest BCUT2D eigenvalue weighted by Gasteiger charge is -2.13. The summed E-state index contributed by atoms with van der Waals surface area (Å²) in [5, 5.41) is 16.2. The van der Waals surface area contributed by atoms with Crippen LogP contribution >= 0.6 is 12.4 Å². The lowest BCUT2D eigenvalue weighted by molar-refractivity contribution is 0.172. The van der Waals surface area contributed by atoms with Crippen LogP contribution in [0.5, 0.6) is 11.5 Å². The largest absolute Gasteiger partial charge is 0.454 e. The molecule has 2 heterocycles. The molecule has 6 nitrogen and oxygen atoms in total. The first-order valence-electron chi connectivity index (χ1n) is 5.93. The first-order valence-corrected chi connectivity index (χ1v) is 5.93. The molecule has 0 amide bonds. The van der Waals surface area contributed by atoms with Gasteiger partial charge in [-0.3, -0.25) is 4.99 Å². The van der Waals surface area contributed by atoms with Gasteiger partial charge in [-0.25, -0.2) is 0 Å². The summed E-state index contributed by atoms with van der Waals surface area (Å²) in [5.74, 6) is 2.15. The number of fused-ring (bicyclic) bond motifs is 1. The number of hydrogen-bond acceptors (Lipinski definition) is 6. The zero-order chi connectivity index (χ0) is 12.4. The summed E-state index contributed by atoms with van der Waals surface area (Å²) in [7, 11) is 0. The van der Waals surface area contributed by atoms with Crippen molar-refractivity contribution in [2.75, 3.05) is 26.4 Å². The molecule has 7 heteroatoms. The highest BCUT2D eigenvalue weighted by Gasteiger charge is 2.17. The van der Waals surface area contributed by atoms with Crippen molar-refractivity contribution in [3.63, 3.8) is 0 Å². The van der Waals surface area contributed by atoms with Gasteiger partial charge in [0.2, 0.25) is 6.79 Å². The van der Waals surface area contributed by atoms with Crippen LogP contribution in [0, 0.1) is 0 Å². The van der Waals surface area contributed by atoms with E-state index >= 15 is 0 Å². The zero-order valence-electron chi connectivity index (χ0n) is 10.3. The molecule has 0 saturated carbocycles. The van der Waals surface area contributed by atoms with E-state index in [-0.39, 0.29) is 19.2 Å². The number of guanidine groups is 1. The Kier molecular flexibility index (Phi) is 4.34. The van der Waals surface area contributed by atoms with Crippen molar-refractivity contribution in [1.29, 1.82) is 0 Å². The standard InChI is InChI=1S/C12H15N3O3.ClH/c16-9(6-15-12-13-3-4-14-12)8-1-2-10-11(5-8)18-7-17-10;/h1-2,5,9,16H,3-4,6-7H2,(H2,13,14,15);1H. The smallest absolute Gasteiger partial charge is 0.231 e. The lowest BCUT2D eigenvalue weighted by Crippen LogP contribution is -2.36. The first kappa shape index (κ1) is 13.8. The van der Waals surface area contributed by atoms with Gasteiger partial charge in [0, 0.05) is 13.1 Å². The molecule has 0 saturated heterocycles. The minimum absolute atomic E-state index is 0. The van der Waals surface area contributed by atoms with Crippen molar-refractivity contribution < 1.29 is 14.6 Å². The van der Waals surface area contributed by atoms with Crippen LogP contribution in [0.3, 0.4) is 0 Å². The van der Waals surface area contributed by atoms with E-state index in [0.717, 1.165) is 30.4 Å². The fourth-order valence-electron chi connectivity index (χ4n) is 1.95. The number of aliphatic imine (C=N–C) groups is 1. The predicted molar refractivity (Wildman–Crippen MR) is 73.1 cm³/mol. The molecule has 1 aromatic carbocycles. The van der Waals surface area contributed by atoms with E-state index < -0.39 is 6.10 Å². The lowest BCUT2D eigenvalue weighted by atomic mass is 10.1. The topological polar surface area (TPSA) is 75.1 Å². The molecule has 1 atom stereocenters. The van der Waals surface area contributed by atoms with Gasteiger partial charge in [-0.05, 0) is 17.7 Å². The Morgan fingerprint density at radius 2 is 2.21 bits per heavy atom. The number of aliphatic hydroxyl groups is 1. The van der Waals surface area contributed by atoms with Gasteiger partial charge >= 0.3 is 0 Å². The maximum absolute atomic E-state index is 10.1. The predicted octanol–water partition coefficient (Wildman–Crippen LogP) is 0.419. The van der Waals surface area contributed by atoms with Crippen molar-refractivity contribution in [2.24, 2.45) is 4.99 Å². The maximum Gasteiger partial charge on any atom is 0.231 e. The molecule has 104 valence electrons. The quantitative estimate of drug-likeness (QED) is 0.750. The molecule has 0 bridgehead atoms. The molecule has 0 fully saturated rings. The second-order valence-electron chi connectivity index (χ2n) is 4.17. The average Bonchev–Trinajstić information content (AvgIpc) is 3.05. The summed E-state index contributed by atoms with van der Waals surface area (Å²) in [4.78, 5) is 4.20. The molecule has 2 aliphatic rings. The number of halogens is 1. The van der Waals surface area contributed by atoms with Crippen LogP contribution in [0.25, 0.3) is 0 Å². The maximum atomic E-state index is 10.1. The monoisotopic (exact) mass is 285 g/mol. The number of nitrogens with zero attached hydrogens (tertiary/aromatic N) is 1. The number of rotatable bonds is 3. The van der Waals surface area contributed by atoms with Gasteiger partial charge in [0.1, 0.15) is 0 Å². The Labute approximate surface area is 117 Å². The van der Waals surface area contributed by atoms with Gasteiger partial charge in [0.25, 0.3) is 0 Å². The summed E-state index contributed by atoms with van der Waals surface area (Å²) in [5.41, 5.74) is 0.797. The molecule has 0 spiro atoms. The molecule has 2 aliphatic heterocycles.